The van der Waals surface area contributed by atoms with E-state index in [2.05, 4.69) is 22.6 Å². The molecule has 1 fully saturated rings. The molecule has 1 heterocycles. The van der Waals surface area contributed by atoms with Crippen LogP contribution in [0.4, 0.5) is 0 Å². The normalized spacial score (nSPS) is 24.3. The third-order valence-electron chi connectivity index (χ3n) is 3.91. The van der Waals surface area contributed by atoms with Gasteiger partial charge in [-0.25, -0.2) is 4.68 Å². The summed E-state index contributed by atoms with van der Waals surface area (Å²) in [5.41, 5.74) is 0.959. The van der Waals surface area contributed by atoms with Gasteiger partial charge in [-0.05, 0) is 31.6 Å². The van der Waals surface area contributed by atoms with Crippen molar-refractivity contribution in [2.75, 3.05) is 6.61 Å². The van der Waals surface area contributed by atoms with Gasteiger partial charge in [0.15, 0.2) is 0 Å². The molecule has 0 radical (unpaired) electrons. The first-order valence-corrected chi connectivity index (χ1v) is 7.05. The van der Waals surface area contributed by atoms with Gasteiger partial charge in [-0.15, -0.1) is 5.10 Å². The van der Waals surface area contributed by atoms with Crippen molar-refractivity contribution >= 4 is 0 Å². The molecule has 0 aromatic carbocycles. The molecule has 2 rings (SSSR count). The Morgan fingerprint density at radius 3 is 2.83 bits per heavy atom. The lowest BCUT2D eigenvalue weighted by atomic mass is 9.84. The van der Waals surface area contributed by atoms with Gasteiger partial charge >= 0.3 is 0 Å². The summed E-state index contributed by atoms with van der Waals surface area (Å²) in [7, 11) is 0. The highest BCUT2D eigenvalue weighted by molar-refractivity contribution is 4.92. The zero-order chi connectivity index (χ0) is 12.8. The van der Waals surface area contributed by atoms with Gasteiger partial charge < -0.3 is 10.4 Å². The average molecular weight is 252 g/mol. The van der Waals surface area contributed by atoms with Crippen molar-refractivity contribution in [1.29, 1.82) is 0 Å². The number of aliphatic hydroxyl groups is 1. The Morgan fingerprint density at radius 2 is 2.17 bits per heavy atom. The van der Waals surface area contributed by atoms with Crippen LogP contribution in [0.25, 0.3) is 0 Å². The maximum absolute atomic E-state index is 8.81. The van der Waals surface area contributed by atoms with E-state index in [0.717, 1.165) is 18.2 Å². The Balaban J connectivity index is 1.71. The first-order chi connectivity index (χ1) is 8.81. The van der Waals surface area contributed by atoms with E-state index in [1.54, 1.807) is 4.68 Å². The average Bonchev–Trinajstić information content (AvgIpc) is 2.85. The van der Waals surface area contributed by atoms with Gasteiger partial charge in [0.2, 0.25) is 0 Å². The van der Waals surface area contributed by atoms with Crippen molar-refractivity contribution in [3.63, 3.8) is 0 Å². The summed E-state index contributed by atoms with van der Waals surface area (Å²) >= 11 is 0. The third kappa shape index (κ3) is 3.78. The Morgan fingerprint density at radius 1 is 1.39 bits per heavy atom. The molecular formula is C13H24N4O. The number of nitrogens with zero attached hydrogens (tertiary/aromatic N) is 3. The topological polar surface area (TPSA) is 63.0 Å². The number of nitrogens with one attached hydrogen (secondary N) is 1. The first-order valence-electron chi connectivity index (χ1n) is 7.05. The summed E-state index contributed by atoms with van der Waals surface area (Å²) in [6, 6.07) is 0.635. The van der Waals surface area contributed by atoms with E-state index in [-0.39, 0.29) is 6.61 Å². The molecule has 0 atom stereocenters. The lowest BCUT2D eigenvalue weighted by Crippen LogP contribution is -2.32. The molecule has 0 aliphatic heterocycles. The molecule has 0 saturated heterocycles. The smallest absolute Gasteiger partial charge is 0.0964 e. The van der Waals surface area contributed by atoms with E-state index in [1.165, 1.54) is 32.1 Å². The maximum Gasteiger partial charge on any atom is 0.0964 e. The number of rotatable bonds is 6. The van der Waals surface area contributed by atoms with Crippen molar-refractivity contribution in [3.8, 4) is 0 Å². The largest absolute Gasteiger partial charge is 0.394 e. The second-order valence-corrected chi connectivity index (χ2v) is 5.20. The maximum atomic E-state index is 8.81. The molecule has 18 heavy (non-hydrogen) atoms. The lowest BCUT2D eigenvalue weighted by Gasteiger charge is -2.28. The molecule has 5 heteroatoms. The molecule has 1 saturated carbocycles. The molecule has 0 bridgehead atoms. The Kier molecular flexibility index (Phi) is 5.13. The van der Waals surface area contributed by atoms with Crippen LogP contribution in [0.5, 0.6) is 0 Å². The highest BCUT2D eigenvalue weighted by Gasteiger charge is 2.19. The number of hydrogen-bond acceptors (Lipinski definition) is 4. The Hall–Kier alpha value is -0.940. The summed E-state index contributed by atoms with van der Waals surface area (Å²) in [6.45, 7) is 3.71. The predicted octanol–water partition coefficient (Wildman–Crippen LogP) is 1.33. The fourth-order valence-corrected chi connectivity index (χ4v) is 2.65. The van der Waals surface area contributed by atoms with Crippen LogP contribution in [0.15, 0.2) is 6.20 Å². The van der Waals surface area contributed by atoms with E-state index in [4.69, 9.17) is 5.11 Å². The zero-order valence-electron chi connectivity index (χ0n) is 11.2. The Labute approximate surface area is 109 Å². The van der Waals surface area contributed by atoms with Crippen molar-refractivity contribution in [2.24, 2.45) is 5.92 Å². The fraction of sp³-hybridized carbons (Fsp3) is 0.846. The van der Waals surface area contributed by atoms with Crippen LogP contribution in [0.2, 0.25) is 0 Å². The van der Waals surface area contributed by atoms with Gasteiger partial charge in [0.1, 0.15) is 0 Å². The van der Waals surface area contributed by atoms with Gasteiger partial charge in [-0.2, -0.15) is 0 Å². The van der Waals surface area contributed by atoms with Gasteiger partial charge in [-0.3, -0.25) is 0 Å². The lowest BCUT2D eigenvalue weighted by molar-refractivity contribution is 0.268. The van der Waals surface area contributed by atoms with E-state index < -0.39 is 0 Å². The molecule has 2 N–H and O–H groups in total. The first kappa shape index (κ1) is 13.5. The van der Waals surface area contributed by atoms with Crippen molar-refractivity contribution in [2.45, 2.75) is 58.2 Å². The summed E-state index contributed by atoms with van der Waals surface area (Å²) in [6.07, 6.45) is 8.49. The molecule has 1 aromatic heterocycles. The van der Waals surface area contributed by atoms with E-state index in [1.807, 2.05) is 6.20 Å². The summed E-state index contributed by atoms with van der Waals surface area (Å²) in [4.78, 5) is 0. The van der Waals surface area contributed by atoms with Crippen molar-refractivity contribution in [1.82, 2.24) is 20.3 Å². The molecule has 5 nitrogen and oxygen atoms in total. The number of hydrogen-bond donors (Lipinski definition) is 2. The molecule has 1 aromatic rings. The molecule has 1 aliphatic carbocycles. The zero-order valence-corrected chi connectivity index (χ0v) is 11.2. The van der Waals surface area contributed by atoms with Crippen LogP contribution >= 0.6 is 0 Å². The van der Waals surface area contributed by atoms with E-state index in [0.29, 0.717) is 12.6 Å². The molecule has 0 unspecified atom stereocenters. The number of aromatic nitrogens is 3. The monoisotopic (exact) mass is 252 g/mol. The van der Waals surface area contributed by atoms with Crippen molar-refractivity contribution in [3.05, 3.63) is 11.9 Å². The molecule has 0 amide bonds. The van der Waals surface area contributed by atoms with E-state index in [9.17, 15) is 0 Å². The molecule has 1 aliphatic rings. The fourth-order valence-electron chi connectivity index (χ4n) is 2.65. The minimum atomic E-state index is 0.108. The van der Waals surface area contributed by atoms with Gasteiger partial charge in [0.05, 0.1) is 18.8 Å². The predicted molar refractivity (Wildman–Crippen MR) is 70.0 cm³/mol. The van der Waals surface area contributed by atoms with Crippen LogP contribution in [0, 0.1) is 5.92 Å². The highest BCUT2D eigenvalue weighted by Crippen LogP contribution is 2.26. The van der Waals surface area contributed by atoms with Crippen LogP contribution in [0.1, 0.15) is 44.7 Å². The SMILES string of the molecule is CCC1CCC(NCc2cn(CCO)nn2)CC1. The standard InChI is InChI=1S/C13H24N4O/c1-2-11-3-5-12(6-4-11)14-9-13-10-17(7-8-18)16-15-13/h10-12,14,18H,2-9H2,1H3. The second kappa shape index (κ2) is 6.85. The Bertz CT molecular complexity index is 345. The highest BCUT2D eigenvalue weighted by atomic mass is 16.3. The van der Waals surface area contributed by atoms with Crippen LogP contribution < -0.4 is 5.32 Å². The summed E-state index contributed by atoms with van der Waals surface area (Å²) in [5.74, 6) is 0.938. The van der Waals surface area contributed by atoms with Crippen LogP contribution in [0.3, 0.4) is 0 Å². The minimum absolute atomic E-state index is 0.108. The van der Waals surface area contributed by atoms with Crippen LogP contribution in [-0.4, -0.2) is 32.7 Å². The number of aliphatic hydroxyl groups excluding tert-OH is 1. The minimum Gasteiger partial charge on any atom is -0.394 e. The molecule has 102 valence electrons. The second-order valence-electron chi connectivity index (χ2n) is 5.20. The molecular weight excluding hydrogens is 228 g/mol. The third-order valence-corrected chi connectivity index (χ3v) is 3.91. The quantitative estimate of drug-likeness (QED) is 0.801. The van der Waals surface area contributed by atoms with Gasteiger partial charge in [0.25, 0.3) is 0 Å². The van der Waals surface area contributed by atoms with Gasteiger partial charge in [0, 0.05) is 18.8 Å². The summed E-state index contributed by atoms with van der Waals surface area (Å²) < 4.78 is 1.69. The summed E-state index contributed by atoms with van der Waals surface area (Å²) in [5, 5.41) is 20.4. The van der Waals surface area contributed by atoms with E-state index >= 15 is 0 Å². The van der Waals surface area contributed by atoms with Gasteiger partial charge in [-0.1, -0.05) is 18.6 Å². The van der Waals surface area contributed by atoms with Crippen LogP contribution in [-0.2, 0) is 13.1 Å². The van der Waals surface area contributed by atoms with Crippen molar-refractivity contribution < 1.29 is 5.11 Å². The molecule has 0 spiro atoms.